The summed E-state index contributed by atoms with van der Waals surface area (Å²) >= 11 is 0. The number of hydrogen-bond acceptors (Lipinski definition) is 1. The van der Waals surface area contributed by atoms with E-state index in [1.165, 1.54) is 18.9 Å². The number of nitrogens with two attached hydrogens (primary N) is 1. The highest BCUT2D eigenvalue weighted by atomic mass is 16.1. The maximum absolute atomic E-state index is 10.3. The lowest BCUT2D eigenvalue weighted by Crippen LogP contribution is -2.05. The van der Waals surface area contributed by atoms with Crippen molar-refractivity contribution in [3.8, 4) is 0 Å². The van der Waals surface area contributed by atoms with Gasteiger partial charge in [0.05, 0.1) is 1.37 Å². The Morgan fingerprint density at radius 1 is 1.55 bits per heavy atom. The monoisotopic (exact) mass is 156 g/mol. The summed E-state index contributed by atoms with van der Waals surface area (Å²) in [7, 11) is 0. The predicted octanol–water partition coefficient (Wildman–Crippen LogP) is 2.00. The first-order valence-electron chi connectivity index (χ1n) is 4.63. The smallest absolute Gasteiger partial charge is 0.241 e. The van der Waals surface area contributed by atoms with Crippen LogP contribution in [0, 0.1) is 0 Å². The molecule has 0 unspecified atom stereocenters. The minimum Gasteiger partial charge on any atom is -0.366 e. The average Bonchev–Trinajstić information content (AvgIpc) is 1.97. The molecule has 0 aromatic rings. The van der Waals surface area contributed by atoms with Crippen LogP contribution in [0.15, 0.2) is 12.1 Å². The molecule has 2 nitrogen and oxygen atoms in total. The van der Waals surface area contributed by atoms with Crippen molar-refractivity contribution < 1.29 is 6.17 Å². The Labute approximate surface area is 69.9 Å². The molecule has 0 rings (SSSR count). The minimum absolute atomic E-state index is 0.346. The SMILES string of the molecule is [2H]/C(=C\C(N)=O)CCCCCC. The van der Waals surface area contributed by atoms with Crippen LogP contribution in [0.1, 0.15) is 40.4 Å². The second-order valence-electron chi connectivity index (χ2n) is 2.56. The van der Waals surface area contributed by atoms with Gasteiger partial charge in [-0.05, 0) is 18.9 Å². The van der Waals surface area contributed by atoms with Crippen molar-refractivity contribution in [2.45, 2.75) is 39.0 Å². The van der Waals surface area contributed by atoms with Crippen LogP contribution in [0.25, 0.3) is 0 Å². The number of hydrogen-bond donors (Lipinski definition) is 1. The highest BCUT2D eigenvalue weighted by Gasteiger charge is 1.85. The average molecular weight is 156 g/mol. The Bertz CT molecular complexity index is 166. The van der Waals surface area contributed by atoms with Crippen molar-refractivity contribution in [3.63, 3.8) is 0 Å². The molecule has 0 aliphatic carbocycles. The van der Waals surface area contributed by atoms with Gasteiger partial charge in [-0.2, -0.15) is 0 Å². The predicted molar refractivity (Wildman–Crippen MR) is 47.1 cm³/mol. The van der Waals surface area contributed by atoms with E-state index in [0.29, 0.717) is 12.5 Å². The first-order valence-corrected chi connectivity index (χ1v) is 4.13. The van der Waals surface area contributed by atoms with Crippen molar-refractivity contribution in [1.82, 2.24) is 0 Å². The van der Waals surface area contributed by atoms with E-state index in [1.54, 1.807) is 0 Å². The molecule has 1 amide bonds. The standard InChI is InChI=1S/C9H17NO/c1-2-3-4-5-6-7-8-9(10)11/h7-8H,2-6H2,1H3,(H2,10,11)/b8-7+/i7D. The molecule has 0 aromatic carbocycles. The van der Waals surface area contributed by atoms with E-state index in [0.717, 1.165) is 12.8 Å². The molecule has 0 fully saturated rings. The molecule has 0 heterocycles. The van der Waals surface area contributed by atoms with Crippen LogP contribution in [-0.4, -0.2) is 5.91 Å². The number of carbonyl (C=O) groups is 1. The molecule has 0 spiro atoms. The molecule has 0 saturated carbocycles. The minimum atomic E-state index is -0.518. The van der Waals surface area contributed by atoms with Crippen LogP contribution in [0.5, 0.6) is 0 Å². The fourth-order valence-corrected chi connectivity index (χ4v) is 0.827. The Morgan fingerprint density at radius 2 is 2.27 bits per heavy atom. The van der Waals surface area contributed by atoms with Crippen molar-refractivity contribution >= 4 is 5.91 Å². The number of primary amides is 1. The molecule has 0 aromatic heterocycles. The topological polar surface area (TPSA) is 43.1 Å². The summed E-state index contributed by atoms with van der Waals surface area (Å²) < 4.78 is 7.30. The van der Waals surface area contributed by atoms with E-state index < -0.39 is 5.91 Å². The molecule has 0 saturated heterocycles. The molecular weight excluding hydrogens is 138 g/mol. The van der Waals surface area contributed by atoms with Crippen LogP contribution in [0.3, 0.4) is 0 Å². The Kier molecular flexibility index (Phi) is 5.53. The molecule has 2 heteroatoms. The molecule has 0 radical (unpaired) electrons. The molecule has 2 N–H and O–H groups in total. The van der Waals surface area contributed by atoms with Gasteiger partial charge in [0.2, 0.25) is 5.91 Å². The van der Waals surface area contributed by atoms with Crippen LogP contribution in [0.4, 0.5) is 0 Å². The van der Waals surface area contributed by atoms with Gasteiger partial charge in [-0.15, -0.1) is 0 Å². The van der Waals surface area contributed by atoms with E-state index in [2.05, 4.69) is 6.92 Å². The van der Waals surface area contributed by atoms with E-state index >= 15 is 0 Å². The zero-order chi connectivity index (χ0) is 9.40. The Hall–Kier alpha value is -0.790. The quantitative estimate of drug-likeness (QED) is 0.464. The van der Waals surface area contributed by atoms with Crippen LogP contribution in [-0.2, 0) is 4.79 Å². The van der Waals surface area contributed by atoms with Gasteiger partial charge in [0, 0.05) is 0 Å². The van der Waals surface area contributed by atoms with Crippen molar-refractivity contribution in [2.75, 3.05) is 0 Å². The van der Waals surface area contributed by atoms with Gasteiger partial charge in [-0.25, -0.2) is 0 Å². The summed E-state index contributed by atoms with van der Waals surface area (Å²) in [5, 5.41) is 0. The summed E-state index contributed by atoms with van der Waals surface area (Å²) in [4.78, 5) is 10.3. The van der Waals surface area contributed by atoms with E-state index in [-0.39, 0.29) is 0 Å². The van der Waals surface area contributed by atoms with Gasteiger partial charge >= 0.3 is 0 Å². The zero-order valence-electron chi connectivity index (χ0n) is 8.10. The maximum Gasteiger partial charge on any atom is 0.241 e. The normalized spacial score (nSPS) is 12.8. The first kappa shape index (κ1) is 8.31. The van der Waals surface area contributed by atoms with Crippen LogP contribution >= 0.6 is 0 Å². The molecule has 11 heavy (non-hydrogen) atoms. The highest BCUT2D eigenvalue weighted by molar-refractivity contribution is 5.85. The van der Waals surface area contributed by atoms with Crippen LogP contribution in [0.2, 0.25) is 0 Å². The largest absolute Gasteiger partial charge is 0.366 e. The lowest BCUT2D eigenvalue weighted by atomic mass is 10.1. The maximum atomic E-state index is 10.3. The fraction of sp³-hybridized carbons (Fsp3) is 0.667. The van der Waals surface area contributed by atoms with Crippen molar-refractivity contribution in [3.05, 3.63) is 12.1 Å². The summed E-state index contributed by atoms with van der Waals surface area (Å²) in [6.45, 7) is 2.14. The van der Waals surface area contributed by atoms with Gasteiger partial charge in [0.1, 0.15) is 0 Å². The van der Waals surface area contributed by atoms with Crippen molar-refractivity contribution in [2.24, 2.45) is 5.73 Å². The molecule has 64 valence electrons. The molecular formula is C9H17NO. The first-order chi connectivity index (χ1) is 5.66. The van der Waals surface area contributed by atoms with Gasteiger partial charge < -0.3 is 5.73 Å². The molecule has 0 bridgehead atoms. The molecule has 0 atom stereocenters. The van der Waals surface area contributed by atoms with E-state index in [1.807, 2.05) is 0 Å². The number of carbonyl (C=O) groups excluding carboxylic acids is 1. The fourth-order valence-electron chi connectivity index (χ4n) is 0.827. The Morgan fingerprint density at radius 3 is 2.82 bits per heavy atom. The van der Waals surface area contributed by atoms with Gasteiger partial charge in [0.25, 0.3) is 0 Å². The summed E-state index contributed by atoms with van der Waals surface area (Å²) in [5.41, 5.74) is 4.89. The van der Waals surface area contributed by atoms with Gasteiger partial charge in [-0.1, -0.05) is 32.2 Å². The third kappa shape index (κ3) is 9.21. The Balaban J connectivity index is 3.43. The molecule has 0 aliphatic rings. The summed E-state index contributed by atoms with van der Waals surface area (Å²) in [6, 6.07) is 0.346. The highest BCUT2D eigenvalue weighted by Crippen LogP contribution is 2.02. The lowest BCUT2D eigenvalue weighted by molar-refractivity contribution is -0.113. The number of rotatable bonds is 6. The van der Waals surface area contributed by atoms with E-state index in [9.17, 15) is 4.79 Å². The van der Waals surface area contributed by atoms with Crippen molar-refractivity contribution in [1.29, 1.82) is 0 Å². The number of unbranched alkanes of at least 4 members (excludes halogenated alkanes) is 3. The van der Waals surface area contributed by atoms with Gasteiger partial charge in [-0.3, -0.25) is 4.79 Å². The second kappa shape index (κ2) is 7.32. The van der Waals surface area contributed by atoms with Crippen LogP contribution < -0.4 is 5.73 Å². The third-order valence-corrected chi connectivity index (χ3v) is 1.42. The third-order valence-electron chi connectivity index (χ3n) is 1.42. The summed E-state index contributed by atoms with van der Waals surface area (Å²) in [5.74, 6) is -0.518. The second-order valence-corrected chi connectivity index (χ2v) is 2.56. The molecule has 0 aliphatic heterocycles. The summed E-state index contributed by atoms with van der Waals surface area (Å²) in [6.07, 6.45) is 6.35. The number of allylic oxidation sites excluding steroid dienone is 1. The zero-order valence-corrected chi connectivity index (χ0v) is 7.10. The lowest BCUT2D eigenvalue weighted by Gasteiger charge is -1.92. The van der Waals surface area contributed by atoms with Gasteiger partial charge in [0.15, 0.2) is 0 Å². The number of amides is 1. The van der Waals surface area contributed by atoms with E-state index in [4.69, 9.17) is 7.10 Å².